The Bertz CT molecular complexity index is 464. The summed E-state index contributed by atoms with van der Waals surface area (Å²) in [6.07, 6.45) is 2.33. The van der Waals surface area contributed by atoms with Crippen molar-refractivity contribution in [2.75, 3.05) is 33.9 Å². The van der Waals surface area contributed by atoms with E-state index in [2.05, 4.69) is 30.1 Å². The summed E-state index contributed by atoms with van der Waals surface area (Å²) in [5.41, 5.74) is 1.43. The van der Waals surface area contributed by atoms with E-state index in [9.17, 15) is 0 Å². The van der Waals surface area contributed by atoms with E-state index in [1.807, 2.05) is 12.1 Å². The maximum atomic E-state index is 5.52. The first-order valence-corrected chi connectivity index (χ1v) is 7.78. The molecule has 1 aliphatic rings. The lowest BCUT2D eigenvalue weighted by Crippen LogP contribution is -2.48. The second-order valence-electron chi connectivity index (χ2n) is 6.08. The van der Waals surface area contributed by atoms with E-state index in [0.717, 1.165) is 44.1 Å². The molecule has 1 aromatic carbocycles. The second kappa shape index (κ2) is 7.14. The summed E-state index contributed by atoms with van der Waals surface area (Å²) in [4.78, 5) is 2.52. The average Bonchev–Trinajstić information content (AvgIpc) is 2.70. The zero-order valence-electron chi connectivity index (χ0n) is 13.7. The SMILES string of the molecule is CCC1(C)CN(Cc2ccc(OC)cc2OC)CCCN1. The molecule has 0 amide bonds. The number of hydrogen-bond donors (Lipinski definition) is 1. The second-order valence-corrected chi connectivity index (χ2v) is 6.08. The fraction of sp³-hybridized carbons (Fsp3) is 0.647. The van der Waals surface area contributed by atoms with Gasteiger partial charge in [-0.25, -0.2) is 0 Å². The lowest BCUT2D eigenvalue weighted by Gasteiger charge is -2.33. The highest BCUT2D eigenvalue weighted by atomic mass is 16.5. The smallest absolute Gasteiger partial charge is 0.127 e. The van der Waals surface area contributed by atoms with Crippen molar-refractivity contribution in [1.82, 2.24) is 10.2 Å². The Labute approximate surface area is 128 Å². The zero-order chi connectivity index (χ0) is 15.3. The molecule has 1 aliphatic heterocycles. The summed E-state index contributed by atoms with van der Waals surface area (Å²) in [6, 6.07) is 6.08. The standard InChI is InChI=1S/C17H28N2O2/c1-5-17(2)13-19(10-6-9-18-17)12-14-7-8-15(20-3)11-16(14)21-4/h7-8,11,18H,5-6,9-10,12-13H2,1-4H3. The van der Waals surface area contributed by atoms with Crippen molar-refractivity contribution in [2.45, 2.75) is 38.8 Å². The van der Waals surface area contributed by atoms with E-state index in [-0.39, 0.29) is 5.54 Å². The maximum absolute atomic E-state index is 5.52. The van der Waals surface area contributed by atoms with Gasteiger partial charge in [-0.3, -0.25) is 4.90 Å². The van der Waals surface area contributed by atoms with E-state index in [4.69, 9.17) is 9.47 Å². The van der Waals surface area contributed by atoms with Crippen LogP contribution in [-0.4, -0.2) is 44.3 Å². The first-order chi connectivity index (χ1) is 10.1. The lowest BCUT2D eigenvalue weighted by atomic mass is 9.98. The van der Waals surface area contributed by atoms with Gasteiger partial charge in [0.05, 0.1) is 14.2 Å². The van der Waals surface area contributed by atoms with Crippen LogP contribution < -0.4 is 14.8 Å². The monoisotopic (exact) mass is 292 g/mol. The summed E-state index contributed by atoms with van der Waals surface area (Å²) in [5.74, 6) is 1.75. The van der Waals surface area contributed by atoms with Gasteiger partial charge in [0.1, 0.15) is 11.5 Å². The van der Waals surface area contributed by atoms with Crippen LogP contribution in [0, 0.1) is 0 Å². The minimum absolute atomic E-state index is 0.205. The third-order valence-corrected chi connectivity index (χ3v) is 4.44. The first-order valence-electron chi connectivity index (χ1n) is 7.78. The molecule has 2 rings (SSSR count). The summed E-state index contributed by atoms with van der Waals surface area (Å²) < 4.78 is 10.8. The molecule has 1 fully saturated rings. The molecular weight excluding hydrogens is 264 g/mol. The minimum atomic E-state index is 0.205. The van der Waals surface area contributed by atoms with Gasteiger partial charge in [0.15, 0.2) is 0 Å². The molecule has 1 aromatic rings. The summed E-state index contributed by atoms with van der Waals surface area (Å²) in [6.45, 7) is 8.78. The highest BCUT2D eigenvalue weighted by Crippen LogP contribution is 2.27. The molecule has 0 saturated carbocycles. The van der Waals surface area contributed by atoms with E-state index in [1.165, 1.54) is 12.0 Å². The van der Waals surface area contributed by atoms with Crippen LogP contribution in [0.15, 0.2) is 18.2 Å². The van der Waals surface area contributed by atoms with Crippen LogP contribution in [0.4, 0.5) is 0 Å². The summed E-state index contributed by atoms with van der Waals surface area (Å²) in [7, 11) is 3.40. The maximum Gasteiger partial charge on any atom is 0.127 e. The molecule has 1 atom stereocenters. The number of nitrogens with zero attached hydrogens (tertiary/aromatic N) is 1. The molecule has 4 heteroatoms. The van der Waals surface area contributed by atoms with Crippen LogP contribution in [0.3, 0.4) is 0 Å². The highest BCUT2D eigenvalue weighted by molar-refractivity contribution is 5.40. The van der Waals surface area contributed by atoms with Crippen molar-refractivity contribution in [3.8, 4) is 11.5 Å². The van der Waals surface area contributed by atoms with Crippen LogP contribution in [0.1, 0.15) is 32.3 Å². The Morgan fingerprint density at radius 3 is 2.76 bits per heavy atom. The molecule has 1 N–H and O–H groups in total. The lowest BCUT2D eigenvalue weighted by molar-refractivity contribution is 0.206. The van der Waals surface area contributed by atoms with Crippen LogP contribution >= 0.6 is 0 Å². The molecular formula is C17H28N2O2. The molecule has 1 unspecified atom stereocenters. The molecule has 0 spiro atoms. The fourth-order valence-corrected chi connectivity index (χ4v) is 2.92. The molecule has 118 valence electrons. The van der Waals surface area contributed by atoms with Gasteiger partial charge in [-0.05, 0) is 38.9 Å². The van der Waals surface area contributed by atoms with Gasteiger partial charge in [0.2, 0.25) is 0 Å². The van der Waals surface area contributed by atoms with E-state index >= 15 is 0 Å². The van der Waals surface area contributed by atoms with Gasteiger partial charge >= 0.3 is 0 Å². The third-order valence-electron chi connectivity index (χ3n) is 4.44. The normalized spacial score (nSPS) is 23.6. The number of rotatable bonds is 5. The Morgan fingerprint density at radius 2 is 2.10 bits per heavy atom. The molecule has 0 radical (unpaired) electrons. The molecule has 1 heterocycles. The van der Waals surface area contributed by atoms with Gasteiger partial charge in [-0.15, -0.1) is 0 Å². The third kappa shape index (κ3) is 4.11. The molecule has 1 saturated heterocycles. The Kier molecular flexibility index (Phi) is 5.48. The Balaban J connectivity index is 2.12. The number of ether oxygens (including phenoxy) is 2. The molecule has 21 heavy (non-hydrogen) atoms. The van der Waals surface area contributed by atoms with Gasteiger partial charge in [-0.2, -0.15) is 0 Å². The van der Waals surface area contributed by atoms with E-state index in [0.29, 0.717) is 0 Å². The Morgan fingerprint density at radius 1 is 1.29 bits per heavy atom. The summed E-state index contributed by atoms with van der Waals surface area (Å²) >= 11 is 0. The van der Waals surface area contributed by atoms with E-state index < -0.39 is 0 Å². The van der Waals surface area contributed by atoms with Crippen molar-refractivity contribution in [3.05, 3.63) is 23.8 Å². The predicted molar refractivity (Wildman–Crippen MR) is 86.1 cm³/mol. The van der Waals surface area contributed by atoms with Gasteiger partial charge in [0.25, 0.3) is 0 Å². The van der Waals surface area contributed by atoms with Gasteiger partial charge in [0, 0.05) is 30.3 Å². The quantitative estimate of drug-likeness (QED) is 0.904. The van der Waals surface area contributed by atoms with Crippen LogP contribution in [-0.2, 0) is 6.54 Å². The van der Waals surface area contributed by atoms with Crippen molar-refractivity contribution >= 4 is 0 Å². The van der Waals surface area contributed by atoms with Crippen molar-refractivity contribution in [3.63, 3.8) is 0 Å². The molecule has 0 bridgehead atoms. The molecule has 0 aromatic heterocycles. The molecule has 0 aliphatic carbocycles. The Hall–Kier alpha value is -1.26. The van der Waals surface area contributed by atoms with E-state index in [1.54, 1.807) is 14.2 Å². The topological polar surface area (TPSA) is 33.7 Å². The zero-order valence-corrected chi connectivity index (χ0v) is 13.7. The van der Waals surface area contributed by atoms with Crippen molar-refractivity contribution in [1.29, 1.82) is 0 Å². The largest absolute Gasteiger partial charge is 0.497 e. The number of nitrogens with one attached hydrogen (secondary N) is 1. The van der Waals surface area contributed by atoms with Crippen molar-refractivity contribution < 1.29 is 9.47 Å². The number of benzene rings is 1. The predicted octanol–water partition coefficient (Wildman–Crippen LogP) is 2.67. The van der Waals surface area contributed by atoms with Gasteiger partial charge in [-0.1, -0.05) is 13.0 Å². The average molecular weight is 292 g/mol. The highest BCUT2D eigenvalue weighted by Gasteiger charge is 2.27. The summed E-state index contributed by atoms with van der Waals surface area (Å²) in [5, 5.41) is 3.68. The van der Waals surface area contributed by atoms with Crippen molar-refractivity contribution in [2.24, 2.45) is 0 Å². The van der Waals surface area contributed by atoms with Crippen LogP contribution in [0.25, 0.3) is 0 Å². The van der Waals surface area contributed by atoms with Crippen LogP contribution in [0.2, 0.25) is 0 Å². The van der Waals surface area contributed by atoms with Gasteiger partial charge < -0.3 is 14.8 Å². The fourth-order valence-electron chi connectivity index (χ4n) is 2.92. The van der Waals surface area contributed by atoms with Crippen LogP contribution in [0.5, 0.6) is 11.5 Å². The number of hydrogen-bond acceptors (Lipinski definition) is 4. The minimum Gasteiger partial charge on any atom is -0.497 e. The molecule has 4 nitrogen and oxygen atoms in total. The number of methoxy groups -OCH3 is 2. The first kappa shape index (κ1) is 16.1.